The zero-order valence-corrected chi connectivity index (χ0v) is 16.4. The molecule has 3 rings (SSSR count). The van der Waals surface area contributed by atoms with Crippen molar-refractivity contribution in [1.29, 1.82) is 0 Å². The van der Waals surface area contributed by atoms with E-state index in [4.69, 9.17) is 0 Å². The Morgan fingerprint density at radius 3 is 2.45 bits per heavy atom. The Morgan fingerprint density at radius 1 is 0.966 bits per heavy atom. The molecule has 1 heterocycles. The van der Waals surface area contributed by atoms with E-state index in [1.807, 2.05) is 72.8 Å². The smallest absolute Gasteiger partial charge is 0.230 e. The number of aliphatic hydroxyl groups is 1. The van der Waals surface area contributed by atoms with Gasteiger partial charge in [0, 0.05) is 24.1 Å². The lowest BCUT2D eigenvalue weighted by Crippen LogP contribution is -2.22. The van der Waals surface area contributed by atoms with Crippen molar-refractivity contribution in [3.8, 4) is 0 Å². The van der Waals surface area contributed by atoms with E-state index in [0.717, 1.165) is 36.3 Å². The molecule has 0 aliphatic rings. The monoisotopic (exact) mass is 389 g/mol. The summed E-state index contributed by atoms with van der Waals surface area (Å²) < 4.78 is 0. The molecule has 0 unspecified atom stereocenters. The summed E-state index contributed by atoms with van der Waals surface area (Å²) in [6.45, 7) is 1.39. The zero-order chi connectivity index (χ0) is 20.3. The molecular weight excluding hydrogens is 362 g/mol. The molecule has 0 aliphatic carbocycles. The summed E-state index contributed by atoms with van der Waals surface area (Å²) in [7, 11) is 0. The molecule has 0 aliphatic heterocycles. The lowest BCUT2D eigenvalue weighted by atomic mass is 10.1. The van der Waals surface area contributed by atoms with E-state index < -0.39 is 6.10 Å². The zero-order valence-electron chi connectivity index (χ0n) is 16.4. The largest absolute Gasteiger partial charge is 0.387 e. The summed E-state index contributed by atoms with van der Waals surface area (Å²) in [5.74, 6) is -0.0716. The predicted molar refractivity (Wildman–Crippen MR) is 116 cm³/mol. The second-order valence-corrected chi connectivity index (χ2v) is 6.98. The minimum Gasteiger partial charge on any atom is -0.387 e. The lowest BCUT2D eigenvalue weighted by molar-refractivity contribution is -0.115. The van der Waals surface area contributed by atoms with Gasteiger partial charge in [0.15, 0.2) is 0 Å². The minimum atomic E-state index is -0.481. The first kappa shape index (κ1) is 20.7. The average Bonchev–Trinajstić information content (AvgIpc) is 2.76. The summed E-state index contributed by atoms with van der Waals surface area (Å²) in [5, 5.41) is 16.3. The molecule has 3 N–H and O–H groups in total. The molecule has 29 heavy (non-hydrogen) atoms. The van der Waals surface area contributed by atoms with Crippen LogP contribution in [0.25, 0.3) is 0 Å². The maximum absolute atomic E-state index is 12.1. The molecule has 0 radical (unpaired) electrons. The van der Waals surface area contributed by atoms with Gasteiger partial charge >= 0.3 is 0 Å². The van der Waals surface area contributed by atoms with Crippen LogP contribution in [0.3, 0.4) is 0 Å². The van der Waals surface area contributed by atoms with E-state index in [1.54, 1.807) is 6.20 Å². The summed E-state index contributed by atoms with van der Waals surface area (Å²) >= 11 is 0. The summed E-state index contributed by atoms with van der Waals surface area (Å²) in [4.78, 5) is 16.3. The van der Waals surface area contributed by atoms with Crippen molar-refractivity contribution < 1.29 is 9.90 Å². The second-order valence-electron chi connectivity index (χ2n) is 6.98. The maximum atomic E-state index is 12.1. The highest BCUT2D eigenvalue weighted by Crippen LogP contribution is 2.12. The van der Waals surface area contributed by atoms with E-state index in [1.165, 1.54) is 5.56 Å². The van der Waals surface area contributed by atoms with Crippen LogP contribution in [0.4, 0.5) is 5.69 Å². The number of amides is 1. The Kier molecular flexibility index (Phi) is 7.92. The molecule has 1 atom stereocenters. The van der Waals surface area contributed by atoms with Gasteiger partial charge in [0.25, 0.3) is 0 Å². The normalized spacial score (nSPS) is 11.8. The molecule has 1 amide bonds. The standard InChI is InChI=1S/C24H27N3O2/c28-23(20-8-2-1-3-9-20)18-25-15-6-7-19-11-13-21(14-12-19)27-24(29)17-22-10-4-5-16-26-22/h1-5,8-14,16,23,25,28H,6-7,15,17-18H2,(H,27,29)/t23-/m0/s1. The molecule has 0 spiro atoms. The van der Waals surface area contributed by atoms with E-state index in [-0.39, 0.29) is 12.3 Å². The maximum Gasteiger partial charge on any atom is 0.230 e. The molecule has 5 nitrogen and oxygen atoms in total. The van der Waals surface area contributed by atoms with Gasteiger partial charge in [0.2, 0.25) is 5.91 Å². The Hall–Kier alpha value is -3.02. The van der Waals surface area contributed by atoms with Crippen molar-refractivity contribution in [1.82, 2.24) is 10.3 Å². The molecule has 2 aromatic carbocycles. The van der Waals surface area contributed by atoms with Crippen molar-refractivity contribution >= 4 is 11.6 Å². The average molecular weight is 389 g/mol. The number of aromatic nitrogens is 1. The van der Waals surface area contributed by atoms with Crippen LogP contribution in [0, 0.1) is 0 Å². The van der Waals surface area contributed by atoms with Crippen LogP contribution in [-0.2, 0) is 17.6 Å². The van der Waals surface area contributed by atoms with Crippen LogP contribution in [0.1, 0.15) is 29.3 Å². The van der Waals surface area contributed by atoms with E-state index >= 15 is 0 Å². The van der Waals surface area contributed by atoms with Crippen LogP contribution in [0.5, 0.6) is 0 Å². The second kappa shape index (κ2) is 11.1. The first-order chi connectivity index (χ1) is 14.2. The number of benzene rings is 2. The highest BCUT2D eigenvalue weighted by Gasteiger charge is 2.06. The summed E-state index contributed by atoms with van der Waals surface area (Å²) in [6.07, 6.45) is 3.39. The minimum absolute atomic E-state index is 0.0716. The number of rotatable bonds is 10. The number of nitrogens with one attached hydrogen (secondary N) is 2. The van der Waals surface area contributed by atoms with Gasteiger partial charge in [-0.25, -0.2) is 0 Å². The van der Waals surface area contributed by atoms with Crippen LogP contribution in [0.15, 0.2) is 79.0 Å². The lowest BCUT2D eigenvalue weighted by Gasteiger charge is -2.12. The van der Waals surface area contributed by atoms with Crippen molar-refractivity contribution in [3.63, 3.8) is 0 Å². The first-order valence-corrected chi connectivity index (χ1v) is 9.93. The number of aliphatic hydroxyl groups excluding tert-OH is 1. The Morgan fingerprint density at radius 2 is 1.72 bits per heavy atom. The van der Waals surface area contributed by atoms with Gasteiger partial charge in [-0.1, -0.05) is 48.5 Å². The predicted octanol–water partition coefficient (Wildman–Crippen LogP) is 3.52. The Balaban J connectivity index is 1.34. The van der Waals surface area contributed by atoms with Gasteiger partial charge in [-0.2, -0.15) is 0 Å². The van der Waals surface area contributed by atoms with Gasteiger partial charge < -0.3 is 15.7 Å². The summed E-state index contributed by atoms with van der Waals surface area (Å²) in [5.41, 5.74) is 3.70. The number of carbonyl (C=O) groups is 1. The van der Waals surface area contributed by atoms with Crippen molar-refractivity contribution in [2.75, 3.05) is 18.4 Å². The number of pyridine rings is 1. The van der Waals surface area contributed by atoms with Gasteiger partial charge in [-0.05, 0) is 54.8 Å². The van der Waals surface area contributed by atoms with Gasteiger partial charge in [0.05, 0.1) is 12.5 Å². The third-order valence-corrected chi connectivity index (χ3v) is 4.65. The highest BCUT2D eigenvalue weighted by atomic mass is 16.3. The van der Waals surface area contributed by atoms with Gasteiger partial charge in [-0.3, -0.25) is 9.78 Å². The fourth-order valence-electron chi connectivity index (χ4n) is 3.08. The Labute approximate surface area is 171 Å². The molecule has 0 saturated heterocycles. The van der Waals surface area contributed by atoms with E-state index in [9.17, 15) is 9.90 Å². The van der Waals surface area contributed by atoms with Crippen LogP contribution in [-0.4, -0.2) is 29.1 Å². The number of anilines is 1. The Bertz CT molecular complexity index is 868. The van der Waals surface area contributed by atoms with E-state index in [0.29, 0.717) is 6.54 Å². The number of hydrogen-bond acceptors (Lipinski definition) is 4. The molecule has 0 fully saturated rings. The first-order valence-electron chi connectivity index (χ1n) is 9.93. The molecule has 1 aromatic heterocycles. The number of aryl methyl sites for hydroxylation is 1. The van der Waals surface area contributed by atoms with Crippen molar-refractivity contribution in [2.24, 2.45) is 0 Å². The number of hydrogen-bond donors (Lipinski definition) is 3. The number of carbonyl (C=O) groups excluding carboxylic acids is 1. The topological polar surface area (TPSA) is 74.2 Å². The fourth-order valence-corrected chi connectivity index (χ4v) is 3.08. The fraction of sp³-hybridized carbons (Fsp3) is 0.250. The van der Waals surface area contributed by atoms with Crippen LogP contribution >= 0.6 is 0 Å². The SMILES string of the molecule is O=C(Cc1ccccn1)Nc1ccc(CCCNC[C@H](O)c2ccccc2)cc1. The molecule has 5 heteroatoms. The van der Waals surface area contributed by atoms with E-state index in [2.05, 4.69) is 15.6 Å². The number of nitrogens with zero attached hydrogens (tertiary/aromatic N) is 1. The van der Waals surface area contributed by atoms with Gasteiger partial charge in [0.1, 0.15) is 0 Å². The molecular formula is C24H27N3O2. The molecule has 0 bridgehead atoms. The third-order valence-electron chi connectivity index (χ3n) is 4.65. The molecule has 3 aromatic rings. The van der Waals surface area contributed by atoms with Crippen molar-refractivity contribution in [2.45, 2.75) is 25.4 Å². The summed E-state index contributed by atoms with van der Waals surface area (Å²) in [6, 6.07) is 23.2. The van der Waals surface area contributed by atoms with Crippen LogP contribution < -0.4 is 10.6 Å². The molecule has 150 valence electrons. The quantitative estimate of drug-likeness (QED) is 0.464. The molecule has 0 saturated carbocycles. The van der Waals surface area contributed by atoms with Gasteiger partial charge in [-0.15, -0.1) is 0 Å². The van der Waals surface area contributed by atoms with Crippen LogP contribution in [0.2, 0.25) is 0 Å². The van der Waals surface area contributed by atoms with Crippen molar-refractivity contribution in [3.05, 3.63) is 95.8 Å². The third kappa shape index (κ3) is 7.14. The highest BCUT2D eigenvalue weighted by molar-refractivity contribution is 5.91.